The number of sulfonamides is 1. The summed E-state index contributed by atoms with van der Waals surface area (Å²) in [6.07, 6.45) is 0. The molecule has 3 aromatic carbocycles. The van der Waals surface area contributed by atoms with E-state index in [1.165, 1.54) is 32.4 Å². The van der Waals surface area contributed by atoms with Gasteiger partial charge in [-0.05, 0) is 35.9 Å². The summed E-state index contributed by atoms with van der Waals surface area (Å²) in [6, 6.07) is 18.0. The molecule has 0 radical (unpaired) electrons. The number of hydrogen-bond acceptors (Lipinski definition) is 5. The van der Waals surface area contributed by atoms with E-state index in [-0.39, 0.29) is 22.2 Å². The third-order valence-corrected chi connectivity index (χ3v) is 7.08. The quantitative estimate of drug-likeness (QED) is 0.446. The van der Waals surface area contributed by atoms with Crippen molar-refractivity contribution in [2.45, 2.75) is 11.4 Å². The number of amides is 1. The average Bonchev–Trinajstić information content (AvgIpc) is 2.80. The van der Waals surface area contributed by atoms with Gasteiger partial charge >= 0.3 is 0 Å². The lowest BCUT2D eigenvalue weighted by atomic mass is 10.2. The van der Waals surface area contributed by atoms with E-state index in [2.05, 4.69) is 5.32 Å². The van der Waals surface area contributed by atoms with Crippen LogP contribution >= 0.6 is 23.2 Å². The largest absolute Gasteiger partial charge is 0.497 e. The molecule has 1 N–H and O–H groups in total. The lowest BCUT2D eigenvalue weighted by molar-refractivity contribution is -0.116. The van der Waals surface area contributed by atoms with Crippen LogP contribution in [0, 0.1) is 0 Å². The van der Waals surface area contributed by atoms with Crippen LogP contribution in [0.3, 0.4) is 0 Å². The van der Waals surface area contributed by atoms with Gasteiger partial charge in [0.15, 0.2) is 0 Å². The van der Waals surface area contributed by atoms with Gasteiger partial charge in [0, 0.05) is 17.6 Å². The van der Waals surface area contributed by atoms with Crippen LogP contribution in [-0.4, -0.2) is 39.4 Å². The monoisotopic (exact) mass is 508 g/mol. The molecule has 0 aromatic heterocycles. The number of rotatable bonds is 9. The Morgan fingerprint density at radius 3 is 2.33 bits per heavy atom. The van der Waals surface area contributed by atoms with Crippen LogP contribution in [0.1, 0.15) is 5.56 Å². The van der Waals surface area contributed by atoms with Crippen LogP contribution in [-0.2, 0) is 21.4 Å². The Hall–Kier alpha value is -2.78. The molecule has 0 spiro atoms. The van der Waals surface area contributed by atoms with Crippen molar-refractivity contribution in [2.75, 3.05) is 26.1 Å². The molecular formula is C23H22Cl2N2O5S. The van der Waals surface area contributed by atoms with Gasteiger partial charge in [-0.15, -0.1) is 0 Å². The van der Waals surface area contributed by atoms with Gasteiger partial charge in [0.1, 0.15) is 16.4 Å². The molecule has 10 heteroatoms. The van der Waals surface area contributed by atoms with Crippen LogP contribution in [0.2, 0.25) is 10.0 Å². The highest BCUT2D eigenvalue weighted by atomic mass is 35.5. The number of carbonyl (C=O) groups excluding carboxylic acids is 1. The van der Waals surface area contributed by atoms with Crippen molar-refractivity contribution in [3.05, 3.63) is 82.3 Å². The number of nitrogens with one attached hydrogen (secondary N) is 1. The molecule has 0 fully saturated rings. The molecule has 0 atom stereocenters. The summed E-state index contributed by atoms with van der Waals surface area (Å²) >= 11 is 12.0. The van der Waals surface area contributed by atoms with Gasteiger partial charge in [-0.3, -0.25) is 4.79 Å². The summed E-state index contributed by atoms with van der Waals surface area (Å²) < 4.78 is 38.8. The van der Waals surface area contributed by atoms with E-state index in [9.17, 15) is 13.2 Å². The molecule has 174 valence electrons. The maximum absolute atomic E-state index is 13.7. The van der Waals surface area contributed by atoms with Crippen molar-refractivity contribution in [1.82, 2.24) is 4.31 Å². The van der Waals surface area contributed by atoms with Gasteiger partial charge in [-0.25, -0.2) is 8.42 Å². The predicted octanol–water partition coefficient (Wildman–Crippen LogP) is 4.84. The van der Waals surface area contributed by atoms with Crippen molar-refractivity contribution in [3.63, 3.8) is 0 Å². The van der Waals surface area contributed by atoms with Gasteiger partial charge in [0.2, 0.25) is 15.9 Å². The Morgan fingerprint density at radius 2 is 1.70 bits per heavy atom. The van der Waals surface area contributed by atoms with E-state index >= 15 is 0 Å². The number of nitrogens with zero attached hydrogens (tertiary/aromatic N) is 1. The summed E-state index contributed by atoms with van der Waals surface area (Å²) in [5.41, 5.74) is 1.03. The second-order valence-corrected chi connectivity index (χ2v) is 9.70. The maximum Gasteiger partial charge on any atom is 0.247 e. The van der Waals surface area contributed by atoms with Gasteiger partial charge in [0.05, 0.1) is 31.5 Å². The molecule has 7 nitrogen and oxygen atoms in total. The fraction of sp³-hybridized carbons (Fsp3) is 0.174. The van der Waals surface area contributed by atoms with Crippen LogP contribution in [0.25, 0.3) is 0 Å². The lowest BCUT2D eigenvalue weighted by Crippen LogP contribution is -2.37. The molecule has 1 amide bonds. The second kappa shape index (κ2) is 10.9. The van der Waals surface area contributed by atoms with Crippen molar-refractivity contribution in [1.29, 1.82) is 0 Å². The van der Waals surface area contributed by atoms with Crippen LogP contribution < -0.4 is 14.8 Å². The summed E-state index contributed by atoms with van der Waals surface area (Å²) in [4.78, 5) is 12.7. The van der Waals surface area contributed by atoms with E-state index in [1.807, 2.05) is 6.07 Å². The molecule has 0 heterocycles. The number of benzene rings is 3. The molecule has 0 aliphatic rings. The number of hydrogen-bond donors (Lipinski definition) is 1. The minimum Gasteiger partial charge on any atom is -0.497 e. The normalized spacial score (nSPS) is 11.3. The Bertz CT molecular complexity index is 1240. The number of anilines is 1. The molecule has 0 saturated heterocycles. The van der Waals surface area contributed by atoms with Crippen LogP contribution in [0.15, 0.2) is 71.6 Å². The van der Waals surface area contributed by atoms with E-state index in [0.717, 1.165) is 4.31 Å². The van der Waals surface area contributed by atoms with Gasteiger partial charge in [-0.1, -0.05) is 53.5 Å². The SMILES string of the molecule is COc1ccc(OC)c(S(=O)(=O)N(CC(=O)Nc2ccc(Cl)cc2Cl)Cc2ccccc2)c1. The zero-order chi connectivity index (χ0) is 24.0. The second-order valence-electron chi connectivity index (χ2n) is 6.95. The van der Waals surface area contributed by atoms with Gasteiger partial charge in [0.25, 0.3) is 0 Å². The molecule has 0 aliphatic carbocycles. The summed E-state index contributed by atoms with van der Waals surface area (Å²) in [7, 11) is -1.36. The van der Waals surface area contributed by atoms with E-state index in [1.54, 1.807) is 42.5 Å². The van der Waals surface area contributed by atoms with Crippen molar-refractivity contribution >= 4 is 44.8 Å². The van der Waals surface area contributed by atoms with E-state index < -0.39 is 22.5 Å². The highest BCUT2D eigenvalue weighted by Gasteiger charge is 2.30. The molecule has 33 heavy (non-hydrogen) atoms. The molecule has 0 aliphatic heterocycles. The number of halogens is 2. The predicted molar refractivity (Wildman–Crippen MR) is 129 cm³/mol. The first-order valence-corrected chi connectivity index (χ1v) is 11.9. The topological polar surface area (TPSA) is 84.9 Å². The Morgan fingerprint density at radius 1 is 0.970 bits per heavy atom. The number of ether oxygens (including phenoxy) is 2. The Kier molecular flexibility index (Phi) is 8.20. The summed E-state index contributed by atoms with van der Waals surface area (Å²) in [6.45, 7) is -0.498. The average molecular weight is 509 g/mol. The smallest absolute Gasteiger partial charge is 0.247 e. The number of carbonyl (C=O) groups is 1. The third kappa shape index (κ3) is 6.17. The van der Waals surface area contributed by atoms with Gasteiger partial charge in [-0.2, -0.15) is 4.31 Å². The highest BCUT2D eigenvalue weighted by Crippen LogP contribution is 2.31. The summed E-state index contributed by atoms with van der Waals surface area (Å²) in [5, 5.41) is 3.29. The standard InChI is InChI=1S/C23H22Cl2N2O5S/c1-31-18-9-11-21(32-2)22(13-18)33(29,30)27(14-16-6-4-3-5-7-16)15-23(28)26-20-10-8-17(24)12-19(20)25/h3-13H,14-15H2,1-2H3,(H,26,28). The summed E-state index contributed by atoms with van der Waals surface area (Å²) in [5.74, 6) is -0.0953. The lowest BCUT2D eigenvalue weighted by Gasteiger charge is -2.23. The maximum atomic E-state index is 13.7. The van der Waals surface area contributed by atoms with Crippen molar-refractivity contribution in [2.24, 2.45) is 0 Å². The highest BCUT2D eigenvalue weighted by molar-refractivity contribution is 7.89. The van der Waals surface area contributed by atoms with Crippen LogP contribution in [0.4, 0.5) is 5.69 Å². The zero-order valence-corrected chi connectivity index (χ0v) is 20.2. The first-order valence-electron chi connectivity index (χ1n) is 9.75. The first kappa shape index (κ1) is 24.9. The van der Waals surface area contributed by atoms with Crippen molar-refractivity contribution < 1.29 is 22.7 Å². The van der Waals surface area contributed by atoms with Crippen LogP contribution in [0.5, 0.6) is 11.5 Å². The Labute approximate surface area is 202 Å². The molecule has 3 aromatic rings. The fourth-order valence-corrected chi connectivity index (χ4v) is 5.09. The number of methoxy groups -OCH3 is 2. The zero-order valence-electron chi connectivity index (χ0n) is 17.9. The minimum absolute atomic E-state index is 0.0364. The van der Waals surface area contributed by atoms with Crippen molar-refractivity contribution in [3.8, 4) is 11.5 Å². The minimum atomic E-state index is -4.17. The first-order chi connectivity index (χ1) is 15.7. The van der Waals surface area contributed by atoms with E-state index in [0.29, 0.717) is 22.0 Å². The molecule has 0 bridgehead atoms. The fourth-order valence-electron chi connectivity index (χ4n) is 3.08. The molecule has 0 unspecified atom stereocenters. The molecule has 3 rings (SSSR count). The van der Waals surface area contributed by atoms with Gasteiger partial charge < -0.3 is 14.8 Å². The molecular weight excluding hydrogens is 487 g/mol. The molecule has 0 saturated carbocycles. The Balaban J connectivity index is 1.96. The van der Waals surface area contributed by atoms with E-state index in [4.69, 9.17) is 32.7 Å². The third-order valence-electron chi connectivity index (χ3n) is 4.72.